The van der Waals surface area contributed by atoms with Gasteiger partial charge in [0, 0.05) is 37.2 Å². The Morgan fingerprint density at radius 2 is 2.00 bits per heavy atom. The predicted octanol–water partition coefficient (Wildman–Crippen LogP) is 3.26. The van der Waals surface area contributed by atoms with Crippen molar-refractivity contribution in [2.24, 2.45) is 0 Å². The minimum Gasteiger partial charge on any atom is -0.331 e. The van der Waals surface area contributed by atoms with Crippen molar-refractivity contribution in [1.29, 1.82) is 0 Å². The maximum absolute atomic E-state index is 12.3. The van der Waals surface area contributed by atoms with E-state index in [1.165, 1.54) is 0 Å². The highest BCUT2D eigenvalue weighted by atomic mass is 16.2. The van der Waals surface area contributed by atoms with Crippen LogP contribution in [-0.4, -0.2) is 24.0 Å². The quantitative estimate of drug-likeness (QED) is 0.898. The molecule has 6 heteroatoms. The molecule has 0 spiro atoms. The molecule has 130 valence electrons. The Balaban J connectivity index is 1.68. The summed E-state index contributed by atoms with van der Waals surface area (Å²) in [5.41, 5.74) is 3.73. The van der Waals surface area contributed by atoms with Crippen LogP contribution in [0, 0.1) is 0 Å². The van der Waals surface area contributed by atoms with E-state index in [1.807, 2.05) is 37.3 Å². The second-order valence-electron chi connectivity index (χ2n) is 6.14. The van der Waals surface area contributed by atoms with Crippen LogP contribution < -0.4 is 15.5 Å². The number of benzene rings is 1. The van der Waals surface area contributed by atoms with Crippen LogP contribution in [0.25, 0.3) is 0 Å². The number of carbonyl (C=O) groups is 2. The first kappa shape index (κ1) is 17.0. The Bertz CT molecular complexity index is 776. The molecule has 0 unspecified atom stereocenters. The van der Waals surface area contributed by atoms with Crippen molar-refractivity contribution in [3.05, 3.63) is 53.9 Å². The number of aromatic nitrogens is 1. The molecule has 0 fully saturated rings. The summed E-state index contributed by atoms with van der Waals surface area (Å²) < 4.78 is 0. The number of hydrogen-bond acceptors (Lipinski definition) is 3. The Kier molecular flexibility index (Phi) is 4.97. The molecule has 0 saturated carbocycles. The Labute approximate surface area is 147 Å². The number of nitrogens with zero attached hydrogens (tertiary/aromatic N) is 2. The fourth-order valence-corrected chi connectivity index (χ4v) is 3.08. The first-order chi connectivity index (χ1) is 12.1. The monoisotopic (exact) mass is 338 g/mol. The maximum Gasteiger partial charge on any atom is 0.319 e. The van der Waals surface area contributed by atoms with Gasteiger partial charge in [0.1, 0.15) is 0 Å². The molecule has 1 aromatic heterocycles. The Hall–Kier alpha value is -2.89. The molecule has 0 radical (unpaired) electrons. The average molecular weight is 338 g/mol. The normalized spacial score (nSPS) is 14.6. The molecule has 2 heterocycles. The standard InChI is InChI=1S/C19H22N4O2/c1-3-16(13-8-10-20-11-9-13)22-19(25)21-15-5-6-17-14(12-15)4-7-18(24)23(17)2/h5-6,8-12,16H,3-4,7H2,1-2H3,(H2,21,22,25)/t16-/m0/s1. The van der Waals surface area contributed by atoms with E-state index in [1.54, 1.807) is 24.3 Å². The van der Waals surface area contributed by atoms with Gasteiger partial charge in [-0.05, 0) is 54.3 Å². The van der Waals surface area contributed by atoms with Gasteiger partial charge in [-0.3, -0.25) is 9.78 Å². The van der Waals surface area contributed by atoms with Gasteiger partial charge in [0.05, 0.1) is 6.04 Å². The lowest BCUT2D eigenvalue weighted by molar-refractivity contribution is -0.118. The number of amides is 3. The lowest BCUT2D eigenvalue weighted by Gasteiger charge is -2.26. The number of pyridine rings is 1. The zero-order valence-corrected chi connectivity index (χ0v) is 14.5. The van der Waals surface area contributed by atoms with E-state index in [-0.39, 0.29) is 18.0 Å². The zero-order valence-electron chi connectivity index (χ0n) is 14.5. The van der Waals surface area contributed by atoms with Crippen LogP contribution in [0.1, 0.15) is 36.9 Å². The van der Waals surface area contributed by atoms with Crippen LogP contribution in [0.5, 0.6) is 0 Å². The average Bonchev–Trinajstić information content (AvgIpc) is 2.63. The Morgan fingerprint density at radius 3 is 2.72 bits per heavy atom. The van der Waals surface area contributed by atoms with Crippen molar-refractivity contribution in [3.8, 4) is 0 Å². The highest BCUT2D eigenvalue weighted by Crippen LogP contribution is 2.29. The molecule has 2 aromatic rings. The fraction of sp³-hybridized carbons (Fsp3) is 0.316. The van der Waals surface area contributed by atoms with Crippen LogP contribution in [-0.2, 0) is 11.2 Å². The first-order valence-electron chi connectivity index (χ1n) is 8.45. The summed E-state index contributed by atoms with van der Waals surface area (Å²) in [5.74, 6) is 0.120. The van der Waals surface area contributed by atoms with E-state index < -0.39 is 0 Å². The van der Waals surface area contributed by atoms with Crippen molar-refractivity contribution < 1.29 is 9.59 Å². The molecule has 0 aliphatic carbocycles. The molecule has 0 bridgehead atoms. The van der Waals surface area contributed by atoms with Gasteiger partial charge >= 0.3 is 6.03 Å². The summed E-state index contributed by atoms with van der Waals surface area (Å²) in [5, 5.41) is 5.87. The number of rotatable bonds is 4. The van der Waals surface area contributed by atoms with Gasteiger partial charge in [0.25, 0.3) is 0 Å². The zero-order chi connectivity index (χ0) is 17.8. The third kappa shape index (κ3) is 3.79. The first-order valence-corrected chi connectivity index (χ1v) is 8.45. The van der Waals surface area contributed by atoms with E-state index in [9.17, 15) is 9.59 Å². The van der Waals surface area contributed by atoms with Crippen molar-refractivity contribution in [2.45, 2.75) is 32.2 Å². The SMILES string of the molecule is CC[C@H](NC(=O)Nc1ccc2c(c1)CCC(=O)N2C)c1ccncc1. The summed E-state index contributed by atoms with van der Waals surface area (Å²) in [4.78, 5) is 29.8. The second-order valence-corrected chi connectivity index (χ2v) is 6.14. The van der Waals surface area contributed by atoms with E-state index in [2.05, 4.69) is 15.6 Å². The number of carbonyl (C=O) groups excluding carboxylic acids is 2. The topological polar surface area (TPSA) is 74.3 Å². The summed E-state index contributed by atoms with van der Waals surface area (Å²) >= 11 is 0. The maximum atomic E-state index is 12.3. The van der Waals surface area contributed by atoms with Crippen molar-refractivity contribution >= 4 is 23.3 Å². The minimum atomic E-state index is -0.246. The third-order valence-corrected chi connectivity index (χ3v) is 4.50. The number of nitrogens with one attached hydrogen (secondary N) is 2. The molecular weight excluding hydrogens is 316 g/mol. The van der Waals surface area contributed by atoms with Crippen LogP contribution in [0.4, 0.5) is 16.2 Å². The summed E-state index contributed by atoms with van der Waals surface area (Å²) in [7, 11) is 1.78. The number of fused-ring (bicyclic) bond motifs is 1. The molecule has 0 saturated heterocycles. The van der Waals surface area contributed by atoms with E-state index in [4.69, 9.17) is 0 Å². The Morgan fingerprint density at radius 1 is 1.24 bits per heavy atom. The summed E-state index contributed by atoms with van der Waals surface area (Å²) in [6.07, 6.45) is 5.43. The van der Waals surface area contributed by atoms with Crippen molar-refractivity contribution in [3.63, 3.8) is 0 Å². The highest BCUT2D eigenvalue weighted by molar-refractivity contribution is 5.97. The number of urea groups is 1. The number of aryl methyl sites for hydroxylation is 1. The molecule has 2 N–H and O–H groups in total. The van der Waals surface area contributed by atoms with Gasteiger partial charge in [-0.15, -0.1) is 0 Å². The second kappa shape index (κ2) is 7.34. The molecule has 1 atom stereocenters. The number of anilines is 2. The van der Waals surface area contributed by atoms with Crippen LogP contribution >= 0.6 is 0 Å². The van der Waals surface area contributed by atoms with E-state index in [0.717, 1.165) is 28.9 Å². The van der Waals surface area contributed by atoms with Gasteiger partial charge in [0.15, 0.2) is 0 Å². The molecule has 3 amide bonds. The van der Waals surface area contributed by atoms with Crippen LogP contribution in [0.2, 0.25) is 0 Å². The lowest BCUT2D eigenvalue weighted by Crippen LogP contribution is -2.33. The third-order valence-electron chi connectivity index (χ3n) is 4.50. The number of hydrogen-bond donors (Lipinski definition) is 2. The summed E-state index contributed by atoms with van der Waals surface area (Å²) in [6, 6.07) is 9.13. The largest absolute Gasteiger partial charge is 0.331 e. The van der Waals surface area contributed by atoms with Crippen molar-refractivity contribution in [1.82, 2.24) is 10.3 Å². The van der Waals surface area contributed by atoms with Gasteiger partial charge in [-0.1, -0.05) is 6.92 Å². The molecule has 1 aliphatic heterocycles. The molecule has 1 aliphatic rings. The molecule has 1 aromatic carbocycles. The van der Waals surface area contributed by atoms with Gasteiger partial charge in [0.2, 0.25) is 5.91 Å². The fourth-order valence-electron chi connectivity index (χ4n) is 3.08. The van der Waals surface area contributed by atoms with Crippen molar-refractivity contribution in [2.75, 3.05) is 17.3 Å². The summed E-state index contributed by atoms with van der Waals surface area (Å²) in [6.45, 7) is 2.02. The van der Waals surface area contributed by atoms with Gasteiger partial charge in [-0.25, -0.2) is 4.79 Å². The predicted molar refractivity (Wildman–Crippen MR) is 97.6 cm³/mol. The highest BCUT2D eigenvalue weighted by Gasteiger charge is 2.21. The van der Waals surface area contributed by atoms with Crippen LogP contribution in [0.15, 0.2) is 42.7 Å². The van der Waals surface area contributed by atoms with Gasteiger partial charge in [-0.2, -0.15) is 0 Å². The van der Waals surface area contributed by atoms with Crippen LogP contribution in [0.3, 0.4) is 0 Å². The van der Waals surface area contributed by atoms with E-state index in [0.29, 0.717) is 12.8 Å². The smallest absolute Gasteiger partial charge is 0.319 e. The van der Waals surface area contributed by atoms with Gasteiger partial charge < -0.3 is 15.5 Å². The molecule has 25 heavy (non-hydrogen) atoms. The lowest BCUT2D eigenvalue weighted by atomic mass is 10.0. The van der Waals surface area contributed by atoms with E-state index >= 15 is 0 Å². The molecule has 3 rings (SSSR count). The minimum absolute atomic E-state index is 0.0654. The molecular formula is C19H22N4O2. The molecule has 6 nitrogen and oxygen atoms in total.